The first-order valence-corrected chi connectivity index (χ1v) is 5.22. The lowest BCUT2D eigenvalue weighted by Crippen LogP contribution is -1.92. The molecule has 0 aliphatic heterocycles. The molecule has 0 saturated carbocycles. The second-order valence-corrected chi connectivity index (χ2v) is 3.85. The van der Waals surface area contributed by atoms with Crippen molar-refractivity contribution < 1.29 is 4.39 Å². The molecule has 0 spiro atoms. The Morgan fingerprint density at radius 1 is 1.06 bits per heavy atom. The Balaban J connectivity index is 2.23. The van der Waals surface area contributed by atoms with Gasteiger partial charge in [-0.1, -0.05) is 0 Å². The number of hydrogen-bond acceptors (Lipinski definition) is 2. The predicted molar refractivity (Wildman–Crippen MR) is 65.0 cm³/mol. The normalized spacial score (nSPS) is 10.9. The van der Waals surface area contributed by atoms with E-state index in [4.69, 9.17) is 5.73 Å². The Bertz CT molecular complexity index is 671. The van der Waals surface area contributed by atoms with Gasteiger partial charge in [-0.15, -0.1) is 0 Å². The highest BCUT2D eigenvalue weighted by molar-refractivity contribution is 5.64. The van der Waals surface area contributed by atoms with Crippen molar-refractivity contribution in [3.05, 3.63) is 54.6 Å². The molecule has 2 N–H and O–H groups in total. The second kappa shape index (κ2) is 3.59. The van der Waals surface area contributed by atoms with Gasteiger partial charge in [-0.05, 0) is 36.4 Å². The highest BCUT2D eigenvalue weighted by Crippen LogP contribution is 2.21. The second-order valence-electron chi connectivity index (χ2n) is 3.85. The fraction of sp³-hybridized carbons (Fsp3) is 0. The van der Waals surface area contributed by atoms with E-state index in [2.05, 4.69) is 4.98 Å². The molecule has 0 radical (unpaired) electrons. The molecule has 0 bridgehead atoms. The van der Waals surface area contributed by atoms with Gasteiger partial charge >= 0.3 is 0 Å². The molecule has 0 saturated heterocycles. The molecule has 4 heteroatoms. The largest absolute Gasteiger partial charge is 0.398 e. The van der Waals surface area contributed by atoms with Gasteiger partial charge in [0.2, 0.25) is 0 Å². The molecule has 0 amide bonds. The quantitative estimate of drug-likeness (QED) is 0.694. The summed E-state index contributed by atoms with van der Waals surface area (Å²) in [6.07, 6.45) is 3.57. The third-order valence-corrected chi connectivity index (χ3v) is 2.65. The monoisotopic (exact) mass is 227 g/mol. The number of nitrogens with two attached hydrogens (primary N) is 1. The summed E-state index contributed by atoms with van der Waals surface area (Å²) in [5, 5.41) is 0. The van der Waals surface area contributed by atoms with E-state index in [-0.39, 0.29) is 5.82 Å². The molecule has 0 aliphatic rings. The van der Waals surface area contributed by atoms with Crippen molar-refractivity contribution in [2.45, 2.75) is 0 Å². The van der Waals surface area contributed by atoms with Gasteiger partial charge in [0, 0.05) is 17.4 Å². The van der Waals surface area contributed by atoms with Gasteiger partial charge in [-0.3, -0.25) is 4.40 Å². The van der Waals surface area contributed by atoms with Gasteiger partial charge in [0.15, 0.2) is 0 Å². The third kappa shape index (κ3) is 1.63. The number of fused-ring (bicyclic) bond motifs is 1. The van der Waals surface area contributed by atoms with Crippen LogP contribution in [0.5, 0.6) is 0 Å². The van der Waals surface area contributed by atoms with Gasteiger partial charge in [0.05, 0.1) is 11.7 Å². The van der Waals surface area contributed by atoms with Crippen molar-refractivity contribution in [2.75, 3.05) is 5.73 Å². The SMILES string of the molecule is Nc1ccc2cnc(-c3ccc(F)cc3)n2c1. The van der Waals surface area contributed by atoms with E-state index in [0.29, 0.717) is 5.69 Å². The van der Waals surface area contributed by atoms with E-state index in [1.54, 1.807) is 24.5 Å². The number of imidazole rings is 1. The summed E-state index contributed by atoms with van der Waals surface area (Å²) in [4.78, 5) is 4.32. The summed E-state index contributed by atoms with van der Waals surface area (Å²) in [5.74, 6) is 0.501. The summed E-state index contributed by atoms with van der Waals surface area (Å²) in [7, 11) is 0. The number of nitrogens with zero attached hydrogens (tertiary/aromatic N) is 2. The number of rotatable bonds is 1. The first kappa shape index (κ1) is 9.84. The molecule has 3 rings (SSSR count). The lowest BCUT2D eigenvalue weighted by Gasteiger charge is -2.02. The van der Waals surface area contributed by atoms with Crippen LogP contribution in [-0.4, -0.2) is 9.38 Å². The Labute approximate surface area is 97.3 Å². The zero-order valence-corrected chi connectivity index (χ0v) is 8.97. The van der Waals surface area contributed by atoms with Crippen LogP contribution < -0.4 is 5.73 Å². The average molecular weight is 227 g/mol. The molecule has 84 valence electrons. The van der Waals surface area contributed by atoms with E-state index >= 15 is 0 Å². The average Bonchev–Trinajstić information content (AvgIpc) is 2.73. The predicted octanol–water partition coefficient (Wildman–Crippen LogP) is 2.72. The molecular formula is C13H10FN3. The van der Waals surface area contributed by atoms with Crippen LogP contribution >= 0.6 is 0 Å². The Hall–Kier alpha value is -2.36. The number of hydrogen-bond donors (Lipinski definition) is 1. The van der Waals surface area contributed by atoms with E-state index in [1.165, 1.54) is 12.1 Å². The third-order valence-electron chi connectivity index (χ3n) is 2.65. The van der Waals surface area contributed by atoms with Crippen LogP contribution in [0.25, 0.3) is 16.9 Å². The highest BCUT2D eigenvalue weighted by Gasteiger charge is 2.06. The van der Waals surface area contributed by atoms with Gasteiger partial charge in [0.1, 0.15) is 11.6 Å². The zero-order chi connectivity index (χ0) is 11.8. The van der Waals surface area contributed by atoms with Crippen molar-refractivity contribution in [3.8, 4) is 11.4 Å². The minimum absolute atomic E-state index is 0.255. The van der Waals surface area contributed by atoms with Crippen LogP contribution in [0.2, 0.25) is 0 Å². The molecule has 2 heterocycles. The minimum Gasteiger partial charge on any atom is -0.398 e. The minimum atomic E-state index is -0.255. The van der Waals surface area contributed by atoms with Gasteiger partial charge in [0.25, 0.3) is 0 Å². The molecule has 0 unspecified atom stereocenters. The fourth-order valence-corrected chi connectivity index (χ4v) is 1.82. The Morgan fingerprint density at radius 2 is 1.82 bits per heavy atom. The standard InChI is InChI=1S/C13H10FN3/c14-10-3-1-9(2-4-10)13-16-7-12-6-5-11(15)8-17(12)13/h1-8H,15H2. The van der Waals surface area contributed by atoms with Crippen LogP contribution in [0.4, 0.5) is 10.1 Å². The summed E-state index contributed by atoms with van der Waals surface area (Å²) in [6.45, 7) is 0. The summed E-state index contributed by atoms with van der Waals surface area (Å²) >= 11 is 0. The lowest BCUT2D eigenvalue weighted by atomic mass is 10.2. The number of aromatic nitrogens is 2. The van der Waals surface area contributed by atoms with Crippen molar-refractivity contribution in [2.24, 2.45) is 0 Å². The molecule has 17 heavy (non-hydrogen) atoms. The smallest absolute Gasteiger partial charge is 0.144 e. The van der Waals surface area contributed by atoms with Crippen LogP contribution in [0.15, 0.2) is 48.8 Å². The topological polar surface area (TPSA) is 43.3 Å². The molecule has 0 fully saturated rings. The van der Waals surface area contributed by atoms with Crippen molar-refractivity contribution in [3.63, 3.8) is 0 Å². The van der Waals surface area contributed by atoms with Crippen LogP contribution in [0.3, 0.4) is 0 Å². The maximum Gasteiger partial charge on any atom is 0.144 e. The number of benzene rings is 1. The Kier molecular flexibility index (Phi) is 2.08. The first-order chi connectivity index (χ1) is 8.24. The summed E-state index contributed by atoms with van der Waals surface area (Å²) < 4.78 is 14.8. The van der Waals surface area contributed by atoms with Gasteiger partial charge in [-0.25, -0.2) is 9.37 Å². The maximum absolute atomic E-state index is 12.9. The molecule has 0 aliphatic carbocycles. The van der Waals surface area contributed by atoms with Gasteiger partial charge in [-0.2, -0.15) is 0 Å². The van der Waals surface area contributed by atoms with Crippen molar-refractivity contribution >= 4 is 11.2 Å². The van der Waals surface area contributed by atoms with E-state index in [1.807, 2.05) is 16.5 Å². The van der Waals surface area contributed by atoms with Crippen LogP contribution in [0.1, 0.15) is 0 Å². The van der Waals surface area contributed by atoms with Crippen LogP contribution in [0, 0.1) is 5.82 Å². The van der Waals surface area contributed by atoms with Gasteiger partial charge < -0.3 is 5.73 Å². The molecule has 0 atom stereocenters. The number of pyridine rings is 1. The molecular weight excluding hydrogens is 217 g/mol. The fourth-order valence-electron chi connectivity index (χ4n) is 1.82. The van der Waals surface area contributed by atoms with E-state index < -0.39 is 0 Å². The maximum atomic E-state index is 12.9. The first-order valence-electron chi connectivity index (χ1n) is 5.22. The number of anilines is 1. The van der Waals surface area contributed by atoms with Crippen molar-refractivity contribution in [1.29, 1.82) is 0 Å². The van der Waals surface area contributed by atoms with Crippen molar-refractivity contribution in [1.82, 2.24) is 9.38 Å². The number of halogens is 1. The molecule has 3 nitrogen and oxygen atoms in total. The molecule has 3 aromatic rings. The van der Waals surface area contributed by atoms with Crippen LogP contribution in [-0.2, 0) is 0 Å². The van der Waals surface area contributed by atoms with E-state index in [0.717, 1.165) is 16.9 Å². The molecule has 1 aromatic carbocycles. The Morgan fingerprint density at radius 3 is 2.59 bits per heavy atom. The summed E-state index contributed by atoms with van der Waals surface area (Å²) in [6, 6.07) is 9.97. The zero-order valence-electron chi connectivity index (χ0n) is 8.97. The summed E-state index contributed by atoms with van der Waals surface area (Å²) in [5.41, 5.74) is 8.23. The highest BCUT2D eigenvalue weighted by atomic mass is 19.1. The number of nitrogen functional groups attached to an aromatic ring is 1. The molecule has 2 aromatic heterocycles. The van der Waals surface area contributed by atoms with E-state index in [9.17, 15) is 4.39 Å². The lowest BCUT2D eigenvalue weighted by molar-refractivity contribution is 0.628.